The first-order valence-corrected chi connectivity index (χ1v) is 6.37. The molecule has 5 unspecified atom stereocenters. The largest absolute Gasteiger partial charge is 0.391 e. The molecule has 6 heteroatoms. The maximum Gasteiger partial charge on any atom is 0.188 e. The van der Waals surface area contributed by atoms with Crippen molar-refractivity contribution in [2.45, 2.75) is 31.5 Å². The Morgan fingerprint density at radius 3 is 2.94 bits per heavy atom. The van der Waals surface area contributed by atoms with Crippen LogP contribution in [0.3, 0.4) is 0 Å². The fourth-order valence-electron chi connectivity index (χ4n) is 4.29. The summed E-state index contributed by atoms with van der Waals surface area (Å²) < 4.78 is 0. The zero-order valence-corrected chi connectivity index (χ0v) is 9.90. The second-order valence-electron chi connectivity index (χ2n) is 5.76. The molecule has 0 spiro atoms. The minimum Gasteiger partial charge on any atom is -0.391 e. The quantitative estimate of drug-likeness (QED) is 0.742. The van der Waals surface area contributed by atoms with Gasteiger partial charge in [-0.1, -0.05) is 0 Å². The Balaban J connectivity index is 1.56. The summed E-state index contributed by atoms with van der Waals surface area (Å²) in [5, 5.41) is 22.4. The number of hydrogen-bond acceptors (Lipinski definition) is 5. The van der Waals surface area contributed by atoms with Crippen LogP contribution in [0.4, 0.5) is 0 Å². The van der Waals surface area contributed by atoms with Crippen LogP contribution in [0.25, 0.3) is 0 Å². The summed E-state index contributed by atoms with van der Waals surface area (Å²) in [7, 11) is 1.78. The van der Waals surface area contributed by atoms with E-state index < -0.39 is 0 Å². The highest BCUT2D eigenvalue weighted by Crippen LogP contribution is 2.55. The van der Waals surface area contributed by atoms with Crippen LogP contribution < -0.4 is 0 Å². The van der Waals surface area contributed by atoms with Gasteiger partial charge < -0.3 is 5.11 Å². The van der Waals surface area contributed by atoms with Crippen molar-refractivity contribution >= 4 is 0 Å². The van der Waals surface area contributed by atoms with Crippen LogP contribution >= 0.6 is 0 Å². The minimum absolute atomic E-state index is 0.129. The Bertz CT molecular complexity index is 445. The Labute approximate surface area is 99.6 Å². The summed E-state index contributed by atoms with van der Waals surface area (Å²) >= 11 is 0. The van der Waals surface area contributed by atoms with E-state index in [1.54, 1.807) is 7.05 Å². The zero-order valence-electron chi connectivity index (χ0n) is 9.90. The lowest BCUT2D eigenvalue weighted by molar-refractivity contribution is 0.0475. The first kappa shape index (κ1) is 9.96. The molecule has 1 saturated heterocycles. The monoisotopic (exact) mass is 235 g/mol. The normalized spacial score (nSPS) is 43.8. The molecule has 2 bridgehead atoms. The van der Waals surface area contributed by atoms with Gasteiger partial charge in [0.25, 0.3) is 0 Å². The first-order valence-electron chi connectivity index (χ1n) is 6.37. The Hall–Kier alpha value is -1.01. The van der Waals surface area contributed by atoms with Gasteiger partial charge in [0.15, 0.2) is 5.82 Å². The van der Waals surface area contributed by atoms with Crippen LogP contribution in [0.5, 0.6) is 0 Å². The molecule has 1 N–H and O–H groups in total. The number of tetrazole rings is 1. The van der Waals surface area contributed by atoms with Crippen LogP contribution in [0, 0.1) is 17.8 Å². The lowest BCUT2D eigenvalue weighted by atomic mass is 9.88. The minimum atomic E-state index is -0.129. The van der Waals surface area contributed by atoms with E-state index in [-0.39, 0.29) is 6.10 Å². The van der Waals surface area contributed by atoms with Crippen molar-refractivity contribution in [1.82, 2.24) is 25.1 Å². The maximum atomic E-state index is 10.3. The highest BCUT2D eigenvalue weighted by Gasteiger charge is 2.58. The van der Waals surface area contributed by atoms with Crippen molar-refractivity contribution in [2.75, 3.05) is 6.54 Å². The van der Waals surface area contributed by atoms with Gasteiger partial charge >= 0.3 is 0 Å². The Morgan fingerprint density at radius 2 is 2.24 bits per heavy atom. The highest BCUT2D eigenvalue weighted by molar-refractivity contribution is 5.11. The van der Waals surface area contributed by atoms with Crippen molar-refractivity contribution in [2.24, 2.45) is 24.8 Å². The van der Waals surface area contributed by atoms with E-state index in [1.165, 1.54) is 17.6 Å². The summed E-state index contributed by atoms with van der Waals surface area (Å²) in [6.45, 7) is 1.83. The molecule has 2 saturated carbocycles. The van der Waals surface area contributed by atoms with Gasteiger partial charge in [-0.3, -0.25) is 4.90 Å². The number of likely N-dealkylation sites (tertiary alicyclic amines) is 1. The fourth-order valence-corrected chi connectivity index (χ4v) is 4.29. The van der Waals surface area contributed by atoms with Gasteiger partial charge in [0, 0.05) is 12.6 Å². The number of aliphatic hydroxyl groups excluding tert-OH is 1. The molecule has 3 fully saturated rings. The van der Waals surface area contributed by atoms with E-state index in [0.29, 0.717) is 17.9 Å². The summed E-state index contributed by atoms with van der Waals surface area (Å²) in [6.07, 6.45) is 2.31. The molecule has 0 amide bonds. The number of aromatic nitrogens is 4. The van der Waals surface area contributed by atoms with Gasteiger partial charge in [-0.2, -0.15) is 4.80 Å². The molecule has 0 radical (unpaired) electrons. The number of hydrogen-bond donors (Lipinski definition) is 1. The van der Waals surface area contributed by atoms with Gasteiger partial charge in [-0.05, 0) is 35.8 Å². The van der Waals surface area contributed by atoms with Crippen LogP contribution in [0.15, 0.2) is 0 Å². The Kier molecular flexibility index (Phi) is 1.91. The zero-order chi connectivity index (χ0) is 11.6. The number of fused-ring (bicyclic) bond motifs is 1. The molecule has 92 valence electrons. The van der Waals surface area contributed by atoms with E-state index in [4.69, 9.17) is 0 Å². The highest BCUT2D eigenvalue weighted by atomic mass is 16.3. The fraction of sp³-hybridized carbons (Fsp3) is 0.909. The van der Waals surface area contributed by atoms with Gasteiger partial charge in [0.2, 0.25) is 0 Å². The Morgan fingerprint density at radius 1 is 1.35 bits per heavy atom. The third-order valence-corrected chi connectivity index (χ3v) is 4.84. The van der Waals surface area contributed by atoms with E-state index in [9.17, 15) is 5.11 Å². The molecule has 2 heterocycles. The maximum absolute atomic E-state index is 10.3. The summed E-state index contributed by atoms with van der Waals surface area (Å²) in [6, 6.07) is 0.350. The average molecular weight is 235 g/mol. The number of aliphatic hydroxyl groups is 1. The molecular weight excluding hydrogens is 218 g/mol. The molecule has 5 atom stereocenters. The van der Waals surface area contributed by atoms with Crippen LogP contribution in [-0.2, 0) is 13.6 Å². The number of rotatable bonds is 2. The smallest absolute Gasteiger partial charge is 0.188 e. The summed E-state index contributed by atoms with van der Waals surface area (Å²) in [5.74, 6) is 2.83. The molecule has 1 aromatic rings. The molecule has 1 aliphatic heterocycles. The second-order valence-corrected chi connectivity index (χ2v) is 5.76. The molecule has 17 heavy (non-hydrogen) atoms. The van der Waals surface area contributed by atoms with E-state index >= 15 is 0 Å². The third-order valence-electron chi connectivity index (χ3n) is 4.84. The van der Waals surface area contributed by atoms with Crippen molar-refractivity contribution in [3.05, 3.63) is 5.82 Å². The van der Waals surface area contributed by atoms with E-state index in [2.05, 4.69) is 20.3 Å². The topological polar surface area (TPSA) is 67.1 Å². The predicted octanol–water partition coefficient (Wildman–Crippen LogP) is -0.589. The molecule has 3 aliphatic rings. The summed E-state index contributed by atoms with van der Waals surface area (Å²) in [4.78, 5) is 3.86. The van der Waals surface area contributed by atoms with E-state index in [1.807, 2.05) is 0 Å². The van der Waals surface area contributed by atoms with Crippen molar-refractivity contribution < 1.29 is 5.11 Å². The van der Waals surface area contributed by atoms with Gasteiger partial charge in [0.1, 0.15) is 0 Å². The third kappa shape index (κ3) is 1.31. The van der Waals surface area contributed by atoms with Crippen LogP contribution in [0.1, 0.15) is 18.7 Å². The van der Waals surface area contributed by atoms with E-state index in [0.717, 1.165) is 24.8 Å². The molecule has 6 nitrogen and oxygen atoms in total. The molecule has 1 aromatic heterocycles. The molecule has 0 aromatic carbocycles. The molecule has 2 aliphatic carbocycles. The lowest BCUT2D eigenvalue weighted by Gasteiger charge is -2.27. The SMILES string of the molecule is Cn1nnc(CN2CC3CC4CC3C2C4O)n1. The van der Waals surface area contributed by atoms with Crippen molar-refractivity contribution in [3.8, 4) is 0 Å². The summed E-state index contributed by atoms with van der Waals surface area (Å²) in [5.41, 5.74) is 0. The first-order chi connectivity index (χ1) is 8.22. The molecule has 4 rings (SSSR count). The number of aryl methyl sites for hydroxylation is 1. The van der Waals surface area contributed by atoms with Crippen molar-refractivity contribution in [3.63, 3.8) is 0 Å². The van der Waals surface area contributed by atoms with Crippen LogP contribution in [-0.4, -0.2) is 48.9 Å². The predicted molar refractivity (Wildman–Crippen MR) is 58.7 cm³/mol. The van der Waals surface area contributed by atoms with Crippen LogP contribution in [0.2, 0.25) is 0 Å². The average Bonchev–Trinajstić information content (AvgIpc) is 2.95. The van der Waals surface area contributed by atoms with Gasteiger partial charge in [0.05, 0.1) is 19.7 Å². The lowest BCUT2D eigenvalue weighted by Crippen LogP contribution is -2.40. The van der Waals surface area contributed by atoms with Crippen molar-refractivity contribution in [1.29, 1.82) is 0 Å². The van der Waals surface area contributed by atoms with Gasteiger partial charge in [-0.25, -0.2) is 0 Å². The number of nitrogens with zero attached hydrogens (tertiary/aromatic N) is 5. The second kappa shape index (κ2) is 3.26. The standard InChI is InChI=1S/C11H17N5O/c1-15-13-9(12-14-15)5-16-4-7-2-6-3-8(7)10(16)11(6)17/h6-8,10-11,17H,2-5H2,1H3. The molecular formula is C11H17N5O. The van der Waals surface area contributed by atoms with Gasteiger partial charge in [-0.15, -0.1) is 10.2 Å².